The molecule has 1 aliphatic heterocycles. The average Bonchev–Trinajstić information content (AvgIpc) is 3.48. The number of amides is 1. The number of hydrogen-bond donors (Lipinski definition) is 2. The molecule has 4 aromatic rings. The van der Waals surface area contributed by atoms with Gasteiger partial charge in [-0.1, -0.05) is 23.7 Å². The Hall–Kier alpha value is -3.55. The summed E-state index contributed by atoms with van der Waals surface area (Å²) in [5.41, 5.74) is 1.37. The molecule has 0 saturated carbocycles. The Kier molecular flexibility index (Phi) is 4.80. The van der Waals surface area contributed by atoms with E-state index in [-0.39, 0.29) is 22.8 Å². The van der Waals surface area contributed by atoms with Crippen LogP contribution in [0.25, 0.3) is 11.0 Å². The van der Waals surface area contributed by atoms with E-state index in [2.05, 4.69) is 0 Å². The highest BCUT2D eigenvalue weighted by atomic mass is 35.5. The zero-order valence-electron chi connectivity index (χ0n) is 16.7. The van der Waals surface area contributed by atoms with Gasteiger partial charge in [-0.25, -0.2) is 0 Å². The van der Waals surface area contributed by atoms with Crippen LogP contribution in [0.15, 0.2) is 75.7 Å². The van der Waals surface area contributed by atoms with E-state index in [1.165, 1.54) is 28.4 Å². The van der Waals surface area contributed by atoms with Crippen molar-refractivity contribution in [2.75, 3.05) is 4.90 Å². The van der Waals surface area contributed by atoms with Crippen LogP contribution in [-0.2, 0) is 4.79 Å². The van der Waals surface area contributed by atoms with Gasteiger partial charge in [0.1, 0.15) is 17.4 Å². The summed E-state index contributed by atoms with van der Waals surface area (Å²) in [7, 11) is 0. The van der Waals surface area contributed by atoms with E-state index in [9.17, 15) is 19.8 Å². The number of rotatable bonds is 4. The molecule has 1 atom stereocenters. The molecule has 1 unspecified atom stereocenters. The van der Waals surface area contributed by atoms with Gasteiger partial charge in [-0.3, -0.25) is 14.5 Å². The third kappa shape index (κ3) is 3.18. The number of aliphatic hydroxyl groups is 1. The Morgan fingerprint density at radius 3 is 2.69 bits per heavy atom. The first kappa shape index (κ1) is 20.4. The number of benzene rings is 2. The number of nitrogens with zero attached hydrogens (tertiary/aromatic N) is 1. The first-order chi connectivity index (χ1) is 15.3. The maximum absolute atomic E-state index is 13.5. The molecule has 0 saturated heterocycles. The summed E-state index contributed by atoms with van der Waals surface area (Å²) < 4.78 is 5.70. The van der Waals surface area contributed by atoms with Gasteiger partial charge < -0.3 is 14.6 Å². The van der Waals surface area contributed by atoms with Gasteiger partial charge >= 0.3 is 0 Å². The summed E-state index contributed by atoms with van der Waals surface area (Å²) in [5, 5.41) is 24.2. The number of Topliss-reactive ketones (excluding diaryl/α,β-unsaturated/α-hetero) is 1. The molecule has 2 aromatic heterocycles. The molecule has 6 nitrogen and oxygen atoms in total. The SMILES string of the molecule is Cc1ccc(O)c(N2C(=O)C(O)=C(C(=O)c3cc4cc(Cl)ccc4o3)C2c2cccs2)c1. The minimum atomic E-state index is -0.917. The molecule has 2 N–H and O–H groups in total. The third-order valence-corrected chi connectivity index (χ3v) is 6.52. The highest BCUT2D eigenvalue weighted by Crippen LogP contribution is 2.46. The van der Waals surface area contributed by atoms with Gasteiger partial charge in [-0.05, 0) is 60.3 Å². The summed E-state index contributed by atoms with van der Waals surface area (Å²) in [6.07, 6.45) is 0. The van der Waals surface area contributed by atoms with Crippen molar-refractivity contribution < 1.29 is 24.2 Å². The van der Waals surface area contributed by atoms with Gasteiger partial charge in [0, 0.05) is 15.3 Å². The molecule has 8 heteroatoms. The first-order valence-electron chi connectivity index (χ1n) is 9.68. The number of halogens is 1. The molecule has 2 aromatic carbocycles. The average molecular weight is 466 g/mol. The number of aliphatic hydroxyl groups excluding tert-OH is 1. The van der Waals surface area contributed by atoms with E-state index >= 15 is 0 Å². The highest BCUT2D eigenvalue weighted by Gasteiger charge is 2.46. The lowest BCUT2D eigenvalue weighted by atomic mass is 9.99. The second-order valence-electron chi connectivity index (χ2n) is 7.47. The summed E-state index contributed by atoms with van der Waals surface area (Å²) in [6.45, 7) is 1.82. The van der Waals surface area contributed by atoms with E-state index < -0.39 is 23.5 Å². The number of ketones is 1. The second kappa shape index (κ2) is 7.55. The van der Waals surface area contributed by atoms with Crippen LogP contribution in [-0.4, -0.2) is 21.9 Å². The standard InChI is InChI=1S/C24H16ClNO5S/c1-12-4-6-16(27)15(9-12)26-21(19-3-2-8-32-19)20(23(29)24(26)30)22(28)18-11-13-10-14(25)5-7-17(13)31-18/h2-11,21,27,29H,1H3. The number of phenols is 1. The fraction of sp³-hybridized carbons (Fsp3) is 0.0833. The molecule has 32 heavy (non-hydrogen) atoms. The van der Waals surface area contributed by atoms with E-state index in [0.717, 1.165) is 5.56 Å². The minimum Gasteiger partial charge on any atom is -0.506 e. The number of furan rings is 1. The van der Waals surface area contributed by atoms with E-state index in [4.69, 9.17) is 16.0 Å². The maximum Gasteiger partial charge on any atom is 0.294 e. The number of aryl methyl sites for hydroxylation is 1. The molecule has 0 bridgehead atoms. The van der Waals surface area contributed by atoms with Crippen molar-refractivity contribution in [2.24, 2.45) is 0 Å². The highest BCUT2D eigenvalue weighted by molar-refractivity contribution is 7.10. The number of carbonyl (C=O) groups is 2. The first-order valence-corrected chi connectivity index (χ1v) is 10.9. The van der Waals surface area contributed by atoms with Crippen LogP contribution in [0.4, 0.5) is 5.69 Å². The summed E-state index contributed by atoms with van der Waals surface area (Å²) >= 11 is 7.37. The van der Waals surface area contributed by atoms with Crippen LogP contribution in [0.2, 0.25) is 5.02 Å². The van der Waals surface area contributed by atoms with Crippen LogP contribution in [0, 0.1) is 6.92 Å². The molecule has 1 amide bonds. The number of fused-ring (bicyclic) bond motifs is 1. The molecule has 0 fully saturated rings. The lowest BCUT2D eigenvalue weighted by Crippen LogP contribution is -2.30. The molecule has 160 valence electrons. The summed E-state index contributed by atoms with van der Waals surface area (Å²) in [5.74, 6) is -2.21. The van der Waals surface area contributed by atoms with Gasteiger partial charge in [-0.15, -0.1) is 11.3 Å². The van der Waals surface area contributed by atoms with Gasteiger partial charge in [0.15, 0.2) is 11.5 Å². The number of anilines is 1. The zero-order chi connectivity index (χ0) is 22.6. The zero-order valence-corrected chi connectivity index (χ0v) is 18.3. The van der Waals surface area contributed by atoms with E-state index in [1.54, 1.807) is 42.5 Å². The number of hydrogen-bond acceptors (Lipinski definition) is 6. The summed E-state index contributed by atoms with van der Waals surface area (Å²) in [4.78, 5) is 28.6. The molecular formula is C24H16ClNO5S. The van der Waals surface area contributed by atoms with Crippen LogP contribution in [0.5, 0.6) is 5.75 Å². The van der Waals surface area contributed by atoms with Gasteiger partial charge in [0.25, 0.3) is 5.91 Å². The third-order valence-electron chi connectivity index (χ3n) is 5.36. The Balaban J connectivity index is 1.66. The Morgan fingerprint density at radius 1 is 1.12 bits per heavy atom. The molecule has 5 rings (SSSR count). The molecule has 0 spiro atoms. The second-order valence-corrected chi connectivity index (χ2v) is 8.89. The lowest BCUT2D eigenvalue weighted by molar-refractivity contribution is -0.117. The number of phenolic OH excluding ortho intramolecular Hbond substituents is 1. The number of carbonyl (C=O) groups excluding carboxylic acids is 2. The predicted molar refractivity (Wildman–Crippen MR) is 123 cm³/mol. The normalized spacial score (nSPS) is 16.4. The van der Waals surface area contributed by atoms with Gasteiger partial charge in [0.05, 0.1) is 11.3 Å². The predicted octanol–water partition coefficient (Wildman–Crippen LogP) is 5.94. The van der Waals surface area contributed by atoms with Gasteiger partial charge in [0.2, 0.25) is 5.78 Å². The van der Waals surface area contributed by atoms with Crippen molar-refractivity contribution in [1.82, 2.24) is 0 Å². The molecular weight excluding hydrogens is 450 g/mol. The minimum absolute atomic E-state index is 0.0199. The fourth-order valence-electron chi connectivity index (χ4n) is 3.89. The van der Waals surface area contributed by atoms with Crippen molar-refractivity contribution >= 4 is 51.3 Å². The van der Waals surface area contributed by atoms with E-state index in [0.29, 0.717) is 20.9 Å². The smallest absolute Gasteiger partial charge is 0.294 e. The maximum atomic E-state index is 13.5. The van der Waals surface area contributed by atoms with Gasteiger partial charge in [-0.2, -0.15) is 0 Å². The van der Waals surface area contributed by atoms with Crippen LogP contribution >= 0.6 is 22.9 Å². The molecule has 3 heterocycles. The Bertz CT molecular complexity index is 1420. The monoisotopic (exact) mass is 465 g/mol. The fourth-order valence-corrected chi connectivity index (χ4v) is 4.89. The lowest BCUT2D eigenvalue weighted by Gasteiger charge is -2.26. The van der Waals surface area contributed by atoms with Crippen molar-refractivity contribution in [2.45, 2.75) is 13.0 Å². The largest absolute Gasteiger partial charge is 0.506 e. The van der Waals surface area contributed by atoms with Crippen molar-refractivity contribution in [3.63, 3.8) is 0 Å². The molecule has 0 aliphatic carbocycles. The Labute approximate surface area is 191 Å². The topological polar surface area (TPSA) is 91.0 Å². The van der Waals surface area contributed by atoms with Crippen LogP contribution < -0.4 is 4.90 Å². The quantitative estimate of drug-likeness (QED) is 0.364. The summed E-state index contributed by atoms with van der Waals surface area (Å²) in [6, 6.07) is 14.0. The van der Waals surface area contributed by atoms with E-state index in [1.807, 2.05) is 12.3 Å². The van der Waals surface area contributed by atoms with Crippen molar-refractivity contribution in [3.05, 3.63) is 92.5 Å². The molecule has 0 radical (unpaired) electrons. The van der Waals surface area contributed by atoms with Crippen LogP contribution in [0.1, 0.15) is 27.0 Å². The number of thiophene rings is 1. The number of aromatic hydroxyl groups is 1. The molecule has 1 aliphatic rings. The van der Waals surface area contributed by atoms with Crippen LogP contribution in [0.3, 0.4) is 0 Å². The Morgan fingerprint density at radius 2 is 1.94 bits per heavy atom. The van der Waals surface area contributed by atoms with Crippen molar-refractivity contribution in [1.29, 1.82) is 0 Å². The van der Waals surface area contributed by atoms with Crippen molar-refractivity contribution in [3.8, 4) is 5.75 Å².